The molecule has 3 heteroatoms. The molecular formula is C24H26O3. The van der Waals surface area contributed by atoms with Gasteiger partial charge in [0, 0.05) is 0 Å². The van der Waals surface area contributed by atoms with Gasteiger partial charge in [-0.1, -0.05) is 72.8 Å². The Morgan fingerprint density at radius 2 is 1.11 bits per heavy atom. The van der Waals surface area contributed by atoms with Crippen LogP contribution in [0, 0.1) is 0 Å². The number of hydrogen-bond acceptors (Lipinski definition) is 3. The van der Waals surface area contributed by atoms with Crippen LogP contribution in [0.25, 0.3) is 12.2 Å². The first kappa shape index (κ1) is 18.2. The van der Waals surface area contributed by atoms with Crippen molar-refractivity contribution < 1.29 is 14.2 Å². The van der Waals surface area contributed by atoms with Crippen molar-refractivity contribution in [1.82, 2.24) is 0 Å². The third kappa shape index (κ3) is 4.95. The lowest BCUT2D eigenvalue weighted by Gasteiger charge is -2.33. The van der Waals surface area contributed by atoms with Crippen LogP contribution in [0.2, 0.25) is 0 Å². The van der Waals surface area contributed by atoms with Crippen LogP contribution < -0.4 is 0 Å². The van der Waals surface area contributed by atoms with E-state index in [0.29, 0.717) is 0 Å². The second-order valence-corrected chi connectivity index (χ2v) is 7.01. The van der Waals surface area contributed by atoms with Gasteiger partial charge in [-0.15, -0.1) is 0 Å². The third-order valence-electron chi connectivity index (χ3n) is 4.91. The highest BCUT2D eigenvalue weighted by molar-refractivity contribution is 5.54. The molecule has 2 aliphatic rings. The minimum absolute atomic E-state index is 0.346. The van der Waals surface area contributed by atoms with Gasteiger partial charge in [0.1, 0.15) is 0 Å². The summed E-state index contributed by atoms with van der Waals surface area (Å²) in [5, 5.41) is 0. The molecule has 3 nitrogen and oxygen atoms in total. The maximum absolute atomic E-state index is 6.32. The second kappa shape index (κ2) is 9.14. The van der Waals surface area contributed by atoms with E-state index in [1.807, 2.05) is 12.1 Å². The SMILES string of the molecule is C(=C1CCCOC1OC1OCCCC1=Cc1ccccc1)c1ccccc1. The summed E-state index contributed by atoms with van der Waals surface area (Å²) in [6.45, 7) is 1.45. The molecule has 0 aliphatic carbocycles. The molecule has 27 heavy (non-hydrogen) atoms. The van der Waals surface area contributed by atoms with Gasteiger partial charge in [0.15, 0.2) is 12.6 Å². The lowest BCUT2D eigenvalue weighted by atomic mass is 10.0. The summed E-state index contributed by atoms with van der Waals surface area (Å²) in [4.78, 5) is 0. The van der Waals surface area contributed by atoms with Crippen LogP contribution in [0.4, 0.5) is 0 Å². The van der Waals surface area contributed by atoms with Crippen molar-refractivity contribution in [3.8, 4) is 0 Å². The van der Waals surface area contributed by atoms with E-state index < -0.39 is 0 Å². The summed E-state index contributed by atoms with van der Waals surface area (Å²) in [7, 11) is 0. The Kier molecular flexibility index (Phi) is 6.15. The van der Waals surface area contributed by atoms with Crippen LogP contribution >= 0.6 is 0 Å². The molecule has 0 radical (unpaired) electrons. The van der Waals surface area contributed by atoms with Gasteiger partial charge in [-0.25, -0.2) is 0 Å². The standard InChI is InChI=1S/C24H26O3/c1-3-9-19(10-4-1)17-21-13-7-15-25-23(21)27-24-22(14-8-16-26-24)18-20-11-5-2-6-12-20/h1-6,9-12,17-18,23-24H,7-8,13-16H2. The lowest BCUT2D eigenvalue weighted by molar-refractivity contribution is -0.228. The van der Waals surface area contributed by atoms with Crippen LogP contribution in [0.1, 0.15) is 36.8 Å². The van der Waals surface area contributed by atoms with Crippen molar-refractivity contribution >= 4 is 12.2 Å². The minimum Gasteiger partial charge on any atom is -0.349 e. The Bertz CT molecular complexity index is 712. The zero-order valence-corrected chi connectivity index (χ0v) is 15.6. The van der Waals surface area contributed by atoms with E-state index >= 15 is 0 Å². The molecule has 2 aromatic rings. The third-order valence-corrected chi connectivity index (χ3v) is 4.91. The van der Waals surface area contributed by atoms with E-state index in [4.69, 9.17) is 14.2 Å². The molecule has 0 aromatic heterocycles. The summed E-state index contributed by atoms with van der Waals surface area (Å²) >= 11 is 0. The van der Waals surface area contributed by atoms with E-state index in [0.717, 1.165) is 38.9 Å². The van der Waals surface area contributed by atoms with Gasteiger partial charge in [-0.3, -0.25) is 0 Å². The Morgan fingerprint density at radius 3 is 1.56 bits per heavy atom. The largest absolute Gasteiger partial charge is 0.349 e. The molecule has 2 aromatic carbocycles. The molecule has 2 aliphatic heterocycles. The van der Waals surface area contributed by atoms with Gasteiger partial charge >= 0.3 is 0 Å². The van der Waals surface area contributed by atoms with Crippen LogP contribution in [-0.4, -0.2) is 25.8 Å². The molecule has 0 bridgehead atoms. The summed E-state index contributed by atoms with van der Waals surface area (Å²) in [6, 6.07) is 20.7. The maximum Gasteiger partial charge on any atom is 0.183 e. The number of rotatable bonds is 4. The fraction of sp³-hybridized carbons (Fsp3) is 0.333. The van der Waals surface area contributed by atoms with Gasteiger partial charge < -0.3 is 14.2 Å². The van der Waals surface area contributed by atoms with E-state index in [-0.39, 0.29) is 12.6 Å². The van der Waals surface area contributed by atoms with Crippen LogP contribution in [-0.2, 0) is 14.2 Å². The highest BCUT2D eigenvalue weighted by Crippen LogP contribution is 2.30. The van der Waals surface area contributed by atoms with E-state index in [1.54, 1.807) is 0 Å². The smallest absolute Gasteiger partial charge is 0.183 e. The lowest BCUT2D eigenvalue weighted by Crippen LogP contribution is -2.34. The molecule has 2 saturated heterocycles. The summed E-state index contributed by atoms with van der Waals surface area (Å²) < 4.78 is 18.3. The van der Waals surface area contributed by atoms with Crippen LogP contribution in [0.3, 0.4) is 0 Å². The minimum atomic E-state index is -0.346. The highest BCUT2D eigenvalue weighted by atomic mass is 16.8. The van der Waals surface area contributed by atoms with Crippen molar-refractivity contribution in [3.63, 3.8) is 0 Å². The Labute approximate surface area is 161 Å². The Hall–Kier alpha value is -2.20. The zero-order valence-electron chi connectivity index (χ0n) is 15.6. The van der Waals surface area contributed by atoms with Crippen molar-refractivity contribution in [1.29, 1.82) is 0 Å². The van der Waals surface area contributed by atoms with E-state index in [1.165, 1.54) is 22.3 Å². The average molecular weight is 362 g/mol. The number of benzene rings is 2. The number of ether oxygens (including phenoxy) is 3. The number of hydrogen-bond donors (Lipinski definition) is 0. The Morgan fingerprint density at radius 1 is 0.667 bits per heavy atom. The van der Waals surface area contributed by atoms with E-state index in [9.17, 15) is 0 Å². The normalized spacial score (nSPS) is 26.4. The van der Waals surface area contributed by atoms with Gasteiger partial charge in [0.2, 0.25) is 0 Å². The second-order valence-electron chi connectivity index (χ2n) is 7.01. The molecule has 4 rings (SSSR count). The molecular weight excluding hydrogens is 336 g/mol. The molecule has 0 amide bonds. The van der Waals surface area contributed by atoms with Gasteiger partial charge in [0.25, 0.3) is 0 Å². The van der Waals surface area contributed by atoms with Gasteiger partial charge in [0.05, 0.1) is 13.2 Å². The monoisotopic (exact) mass is 362 g/mol. The Balaban J connectivity index is 1.52. The summed E-state index contributed by atoms with van der Waals surface area (Å²) in [6.07, 6.45) is 7.71. The van der Waals surface area contributed by atoms with Gasteiger partial charge in [-0.05, 0) is 48.0 Å². The van der Waals surface area contributed by atoms with Gasteiger partial charge in [-0.2, -0.15) is 0 Å². The summed E-state index contributed by atoms with van der Waals surface area (Å²) in [5.41, 5.74) is 4.72. The predicted molar refractivity (Wildman–Crippen MR) is 108 cm³/mol. The molecule has 2 atom stereocenters. The quantitative estimate of drug-likeness (QED) is 0.724. The molecule has 2 fully saturated rings. The molecule has 2 unspecified atom stereocenters. The fourth-order valence-electron chi connectivity index (χ4n) is 3.56. The first-order chi connectivity index (χ1) is 13.4. The van der Waals surface area contributed by atoms with Crippen molar-refractivity contribution in [2.24, 2.45) is 0 Å². The molecule has 140 valence electrons. The average Bonchev–Trinajstić information content (AvgIpc) is 2.72. The van der Waals surface area contributed by atoms with Crippen LogP contribution in [0.15, 0.2) is 71.8 Å². The highest BCUT2D eigenvalue weighted by Gasteiger charge is 2.28. The van der Waals surface area contributed by atoms with E-state index in [2.05, 4.69) is 60.7 Å². The predicted octanol–water partition coefficient (Wildman–Crippen LogP) is 5.44. The van der Waals surface area contributed by atoms with Crippen LogP contribution in [0.5, 0.6) is 0 Å². The zero-order chi connectivity index (χ0) is 18.3. The maximum atomic E-state index is 6.32. The molecule has 0 spiro atoms. The van der Waals surface area contributed by atoms with Crippen molar-refractivity contribution in [2.75, 3.05) is 13.2 Å². The molecule has 0 N–H and O–H groups in total. The van der Waals surface area contributed by atoms with Crippen molar-refractivity contribution in [3.05, 3.63) is 82.9 Å². The van der Waals surface area contributed by atoms with Crippen molar-refractivity contribution in [2.45, 2.75) is 38.3 Å². The summed E-state index contributed by atoms with van der Waals surface area (Å²) in [5.74, 6) is 0. The molecule has 0 saturated carbocycles. The molecule has 2 heterocycles. The first-order valence-electron chi connectivity index (χ1n) is 9.78. The first-order valence-corrected chi connectivity index (χ1v) is 9.78. The fourth-order valence-corrected chi connectivity index (χ4v) is 3.56. The topological polar surface area (TPSA) is 27.7 Å².